The van der Waals surface area contributed by atoms with E-state index < -0.39 is 6.10 Å². The lowest BCUT2D eigenvalue weighted by Gasteiger charge is -2.08. The Bertz CT molecular complexity index is 1140. The van der Waals surface area contributed by atoms with Crippen molar-refractivity contribution in [2.75, 3.05) is 12.8 Å². The number of aromatic nitrogens is 6. The molecule has 1 unspecified atom stereocenters. The zero-order valence-corrected chi connectivity index (χ0v) is 15.4. The van der Waals surface area contributed by atoms with Gasteiger partial charge in [0.15, 0.2) is 0 Å². The zero-order valence-electron chi connectivity index (χ0n) is 15.4. The third kappa shape index (κ3) is 3.35. The molecule has 0 bridgehead atoms. The second-order valence-electron chi connectivity index (χ2n) is 6.32. The molecule has 0 aliphatic heterocycles. The number of aliphatic hydroxyl groups is 1. The number of benzene rings is 1. The molecular formula is C19H19N7O2. The smallest absolute Gasteiger partial charge is 0.221 e. The fourth-order valence-corrected chi connectivity index (χ4v) is 2.97. The van der Waals surface area contributed by atoms with Crippen molar-refractivity contribution in [3.05, 3.63) is 54.0 Å². The number of methoxy groups -OCH3 is 1. The molecule has 1 atom stereocenters. The number of nitrogen functional groups attached to an aromatic ring is 1. The molecule has 9 nitrogen and oxygen atoms in total. The van der Waals surface area contributed by atoms with Crippen molar-refractivity contribution in [2.45, 2.75) is 19.6 Å². The SMILES string of the molecule is COc1cccc2c(-c3cn(Cc4cccc(C(C)O)n4)nn3)nc(N)nc12. The molecule has 3 aromatic heterocycles. The van der Waals surface area contributed by atoms with Gasteiger partial charge in [0.2, 0.25) is 5.95 Å². The number of hydrogen-bond donors (Lipinski definition) is 2. The monoisotopic (exact) mass is 377 g/mol. The average molecular weight is 377 g/mol. The van der Waals surface area contributed by atoms with E-state index in [1.54, 1.807) is 31.0 Å². The van der Waals surface area contributed by atoms with Crippen molar-refractivity contribution in [1.29, 1.82) is 0 Å². The van der Waals surface area contributed by atoms with Crippen molar-refractivity contribution in [3.63, 3.8) is 0 Å². The van der Waals surface area contributed by atoms with Crippen LogP contribution in [0.3, 0.4) is 0 Å². The zero-order chi connectivity index (χ0) is 19.7. The summed E-state index contributed by atoms with van der Waals surface area (Å²) in [5.74, 6) is 0.743. The second-order valence-corrected chi connectivity index (χ2v) is 6.32. The summed E-state index contributed by atoms with van der Waals surface area (Å²) >= 11 is 0. The second kappa shape index (κ2) is 7.20. The summed E-state index contributed by atoms with van der Waals surface area (Å²) in [6.07, 6.45) is 1.15. The van der Waals surface area contributed by atoms with Crippen LogP contribution in [-0.4, -0.2) is 42.2 Å². The summed E-state index contributed by atoms with van der Waals surface area (Å²) in [6, 6.07) is 11.1. The minimum absolute atomic E-state index is 0.132. The first-order valence-corrected chi connectivity index (χ1v) is 8.70. The molecule has 0 aliphatic carbocycles. The molecule has 4 rings (SSSR count). The maximum atomic E-state index is 9.70. The van der Waals surface area contributed by atoms with Crippen molar-refractivity contribution >= 4 is 16.9 Å². The van der Waals surface area contributed by atoms with E-state index in [0.717, 1.165) is 11.1 Å². The maximum absolute atomic E-state index is 9.70. The largest absolute Gasteiger partial charge is 0.494 e. The van der Waals surface area contributed by atoms with Gasteiger partial charge in [0.25, 0.3) is 0 Å². The van der Waals surface area contributed by atoms with Gasteiger partial charge in [0.05, 0.1) is 37.3 Å². The van der Waals surface area contributed by atoms with Crippen molar-refractivity contribution in [3.8, 4) is 17.1 Å². The van der Waals surface area contributed by atoms with Crippen LogP contribution in [-0.2, 0) is 6.54 Å². The number of para-hydroxylation sites is 1. The Balaban J connectivity index is 1.71. The lowest BCUT2D eigenvalue weighted by molar-refractivity contribution is 0.194. The molecule has 142 valence electrons. The third-order valence-electron chi connectivity index (χ3n) is 4.29. The summed E-state index contributed by atoms with van der Waals surface area (Å²) in [4.78, 5) is 13.1. The number of aliphatic hydroxyl groups excluding tert-OH is 1. The van der Waals surface area contributed by atoms with E-state index in [4.69, 9.17) is 10.5 Å². The van der Waals surface area contributed by atoms with Gasteiger partial charge in [-0.15, -0.1) is 5.10 Å². The third-order valence-corrected chi connectivity index (χ3v) is 4.29. The first-order valence-electron chi connectivity index (χ1n) is 8.70. The summed E-state index contributed by atoms with van der Waals surface area (Å²) in [5, 5.41) is 18.9. The Morgan fingerprint density at radius 2 is 1.96 bits per heavy atom. The van der Waals surface area contributed by atoms with E-state index in [1.807, 2.05) is 30.3 Å². The van der Waals surface area contributed by atoms with E-state index >= 15 is 0 Å². The van der Waals surface area contributed by atoms with Crippen LogP contribution >= 0.6 is 0 Å². The summed E-state index contributed by atoms with van der Waals surface area (Å²) in [5.41, 5.74) is 9.04. The lowest BCUT2D eigenvalue weighted by Crippen LogP contribution is -2.05. The van der Waals surface area contributed by atoms with Gasteiger partial charge in [-0.2, -0.15) is 0 Å². The van der Waals surface area contributed by atoms with Crippen LogP contribution in [0.5, 0.6) is 5.75 Å². The predicted octanol–water partition coefficient (Wildman–Crippen LogP) is 1.98. The van der Waals surface area contributed by atoms with Gasteiger partial charge in [0.1, 0.15) is 22.7 Å². The number of rotatable bonds is 5. The van der Waals surface area contributed by atoms with Gasteiger partial charge in [-0.3, -0.25) is 4.98 Å². The van der Waals surface area contributed by atoms with E-state index in [0.29, 0.717) is 34.9 Å². The summed E-state index contributed by atoms with van der Waals surface area (Å²) < 4.78 is 7.03. The van der Waals surface area contributed by atoms with Gasteiger partial charge in [-0.05, 0) is 25.1 Å². The van der Waals surface area contributed by atoms with Crippen molar-refractivity contribution in [1.82, 2.24) is 29.9 Å². The topological polar surface area (TPSA) is 125 Å². The van der Waals surface area contributed by atoms with E-state index in [2.05, 4.69) is 25.3 Å². The molecule has 0 radical (unpaired) electrons. The number of fused-ring (bicyclic) bond motifs is 1. The van der Waals surface area contributed by atoms with Crippen LogP contribution in [0.4, 0.5) is 5.95 Å². The van der Waals surface area contributed by atoms with Gasteiger partial charge < -0.3 is 15.6 Å². The van der Waals surface area contributed by atoms with Gasteiger partial charge in [-0.1, -0.05) is 23.4 Å². The van der Waals surface area contributed by atoms with Gasteiger partial charge in [-0.25, -0.2) is 14.6 Å². The van der Waals surface area contributed by atoms with E-state index in [1.165, 1.54) is 0 Å². The Morgan fingerprint density at radius 3 is 2.75 bits per heavy atom. The van der Waals surface area contributed by atoms with Crippen LogP contribution < -0.4 is 10.5 Å². The van der Waals surface area contributed by atoms with Crippen LogP contribution in [0.1, 0.15) is 24.4 Å². The number of pyridine rings is 1. The van der Waals surface area contributed by atoms with Gasteiger partial charge >= 0.3 is 0 Å². The number of anilines is 1. The molecule has 3 heterocycles. The van der Waals surface area contributed by atoms with Crippen LogP contribution in [0.2, 0.25) is 0 Å². The Hall–Kier alpha value is -3.59. The highest BCUT2D eigenvalue weighted by atomic mass is 16.5. The standard InChI is InChI=1S/C19H19N7O2/c1-11(27)14-7-3-5-12(21-14)9-26-10-15(24-25-26)17-13-6-4-8-16(28-2)18(13)23-19(20)22-17/h3-8,10-11,27H,9H2,1-2H3,(H2,20,22,23). The first kappa shape index (κ1) is 17.8. The number of hydrogen-bond acceptors (Lipinski definition) is 8. The van der Waals surface area contributed by atoms with Gasteiger partial charge in [0, 0.05) is 5.39 Å². The Kier molecular flexibility index (Phi) is 4.58. The molecule has 9 heteroatoms. The Labute approximate surface area is 160 Å². The molecule has 0 spiro atoms. The summed E-state index contributed by atoms with van der Waals surface area (Å²) in [6.45, 7) is 2.09. The molecule has 0 fully saturated rings. The van der Waals surface area contributed by atoms with Crippen LogP contribution in [0.15, 0.2) is 42.6 Å². The fraction of sp³-hybridized carbons (Fsp3) is 0.211. The molecule has 3 N–H and O–H groups in total. The van der Waals surface area contributed by atoms with Crippen LogP contribution in [0.25, 0.3) is 22.3 Å². The Morgan fingerprint density at radius 1 is 1.14 bits per heavy atom. The maximum Gasteiger partial charge on any atom is 0.221 e. The molecule has 1 aromatic carbocycles. The fourth-order valence-electron chi connectivity index (χ4n) is 2.97. The highest BCUT2D eigenvalue weighted by molar-refractivity contribution is 5.95. The molecule has 0 aliphatic rings. The van der Waals surface area contributed by atoms with Crippen LogP contribution in [0, 0.1) is 0 Å². The highest BCUT2D eigenvalue weighted by Crippen LogP contribution is 2.30. The number of ether oxygens (including phenoxy) is 1. The van der Waals surface area contributed by atoms with E-state index in [-0.39, 0.29) is 5.95 Å². The number of nitrogens with zero attached hydrogens (tertiary/aromatic N) is 6. The molecule has 0 amide bonds. The molecule has 0 saturated carbocycles. The lowest BCUT2D eigenvalue weighted by atomic mass is 10.1. The first-order chi connectivity index (χ1) is 13.5. The van der Waals surface area contributed by atoms with Crippen molar-refractivity contribution in [2.24, 2.45) is 0 Å². The molecule has 28 heavy (non-hydrogen) atoms. The molecule has 0 saturated heterocycles. The normalized spacial score (nSPS) is 12.2. The average Bonchev–Trinajstić information content (AvgIpc) is 3.15. The highest BCUT2D eigenvalue weighted by Gasteiger charge is 2.15. The summed E-state index contributed by atoms with van der Waals surface area (Å²) in [7, 11) is 1.58. The van der Waals surface area contributed by atoms with E-state index in [9.17, 15) is 5.11 Å². The van der Waals surface area contributed by atoms with Crippen molar-refractivity contribution < 1.29 is 9.84 Å². The molecular weight excluding hydrogens is 358 g/mol. The quantitative estimate of drug-likeness (QED) is 0.541. The minimum atomic E-state index is -0.628. The predicted molar refractivity (Wildman–Crippen MR) is 103 cm³/mol. The number of nitrogens with two attached hydrogens (primary N) is 1. The minimum Gasteiger partial charge on any atom is -0.494 e. The molecule has 4 aromatic rings.